The monoisotopic (exact) mass is 311 g/mol. The molecule has 116 valence electrons. The summed E-state index contributed by atoms with van der Waals surface area (Å²) in [5, 5.41) is 0. The highest BCUT2D eigenvalue weighted by Crippen LogP contribution is 2.35. The third-order valence-corrected chi connectivity index (χ3v) is 2.08. The van der Waals surface area contributed by atoms with Gasteiger partial charge in [0, 0.05) is 0 Å². The van der Waals surface area contributed by atoms with E-state index in [1.807, 2.05) is 0 Å². The van der Waals surface area contributed by atoms with Crippen molar-refractivity contribution in [3.8, 4) is 0 Å². The predicted octanol–water partition coefficient (Wildman–Crippen LogP) is 2.01. The molecule has 0 fully saturated rings. The molecule has 0 aliphatic heterocycles. The summed E-state index contributed by atoms with van der Waals surface area (Å²) in [6.45, 7) is -2.68. The van der Waals surface area contributed by atoms with Gasteiger partial charge in [-0.15, -0.1) is 13.2 Å². The molecule has 4 nitrogen and oxygen atoms in total. The maximum atomic E-state index is 13.4. The van der Waals surface area contributed by atoms with E-state index in [1.54, 1.807) is 0 Å². The number of halogens is 7. The highest BCUT2D eigenvalue weighted by Gasteiger charge is 2.64. The summed E-state index contributed by atoms with van der Waals surface area (Å²) in [6, 6.07) is -4.76. The molecule has 0 spiro atoms. The first-order valence-corrected chi connectivity index (χ1v) is 5.10. The van der Waals surface area contributed by atoms with Crippen LogP contribution in [0.1, 0.15) is 0 Å². The zero-order chi connectivity index (χ0) is 15.6. The van der Waals surface area contributed by atoms with Crippen molar-refractivity contribution in [1.82, 2.24) is 4.57 Å². The fourth-order valence-corrected chi connectivity index (χ4v) is 1.18. The molecule has 0 radical (unpaired) electrons. The molecule has 0 amide bonds. The second kappa shape index (κ2) is 5.56. The minimum atomic E-state index is -5.05. The first kappa shape index (κ1) is 16.7. The van der Waals surface area contributed by atoms with Crippen molar-refractivity contribution in [2.24, 2.45) is 7.05 Å². The van der Waals surface area contributed by atoms with Crippen LogP contribution in [0.5, 0.6) is 0 Å². The minimum Gasteiger partial charge on any atom is -0.309 e. The number of hydrogen-bond donors (Lipinski definition) is 0. The third-order valence-electron chi connectivity index (χ3n) is 2.08. The maximum absolute atomic E-state index is 13.4. The van der Waals surface area contributed by atoms with Crippen LogP contribution in [0, 0.1) is 0 Å². The number of alkyl halides is 7. The standard InChI is InChI=1S/C9H10F7N2O2/c1-17-2-3-18(6-17)7(10,11)8(12,13)19-4-5-20-9(14,15)16/h2-3,6H,4-5H2,1H3/q+1. The van der Waals surface area contributed by atoms with Crippen molar-refractivity contribution in [2.75, 3.05) is 13.2 Å². The summed E-state index contributed by atoms with van der Waals surface area (Å²) in [5.41, 5.74) is 0. The smallest absolute Gasteiger partial charge is 0.309 e. The minimum absolute atomic E-state index is 0.113. The van der Waals surface area contributed by atoms with Crippen LogP contribution in [0.25, 0.3) is 0 Å². The zero-order valence-corrected chi connectivity index (χ0v) is 10.0. The van der Waals surface area contributed by atoms with Crippen LogP contribution in [0.3, 0.4) is 0 Å². The van der Waals surface area contributed by atoms with E-state index in [-0.39, 0.29) is 4.57 Å². The van der Waals surface area contributed by atoms with Gasteiger partial charge < -0.3 is 4.74 Å². The highest BCUT2D eigenvalue weighted by atomic mass is 19.4. The van der Waals surface area contributed by atoms with Gasteiger partial charge in [-0.1, -0.05) is 0 Å². The second-order valence-corrected chi connectivity index (χ2v) is 3.69. The van der Waals surface area contributed by atoms with E-state index in [1.165, 1.54) is 7.05 Å². The normalized spacial score (nSPS) is 13.8. The third kappa shape index (κ3) is 4.07. The van der Waals surface area contributed by atoms with Crippen molar-refractivity contribution in [2.45, 2.75) is 18.5 Å². The molecule has 0 N–H and O–H groups in total. The summed E-state index contributed by atoms with van der Waals surface area (Å²) in [5.74, 6) is 0. The molecule has 1 rings (SSSR count). The van der Waals surface area contributed by atoms with Crippen molar-refractivity contribution in [3.05, 3.63) is 18.7 Å². The molecule has 0 aliphatic rings. The van der Waals surface area contributed by atoms with Crippen molar-refractivity contribution < 1.29 is 44.8 Å². The van der Waals surface area contributed by atoms with Gasteiger partial charge in [0.25, 0.3) is 0 Å². The summed E-state index contributed by atoms with van der Waals surface area (Å²) in [6.07, 6.45) is -7.62. The molecule has 0 atom stereocenters. The van der Waals surface area contributed by atoms with Gasteiger partial charge in [0.05, 0.1) is 20.3 Å². The number of nitrogens with zero attached hydrogens (tertiary/aromatic N) is 2. The molecule has 0 saturated heterocycles. The number of rotatable bonds is 6. The first-order valence-electron chi connectivity index (χ1n) is 5.10. The number of ether oxygens (including phenoxy) is 2. The average Bonchev–Trinajstić information content (AvgIpc) is 2.70. The lowest BCUT2D eigenvalue weighted by molar-refractivity contribution is -0.855. The molecule has 1 aromatic heterocycles. The fourth-order valence-electron chi connectivity index (χ4n) is 1.18. The molecule has 0 unspecified atom stereocenters. The average molecular weight is 311 g/mol. The Labute approximate surface area is 108 Å². The van der Waals surface area contributed by atoms with Crippen LogP contribution in [-0.4, -0.2) is 30.3 Å². The van der Waals surface area contributed by atoms with E-state index in [0.717, 1.165) is 10.8 Å². The second-order valence-electron chi connectivity index (χ2n) is 3.69. The van der Waals surface area contributed by atoms with Gasteiger partial charge in [-0.05, 0) is 0 Å². The predicted molar refractivity (Wildman–Crippen MR) is 48.7 cm³/mol. The number of imidazole rings is 1. The lowest BCUT2D eigenvalue weighted by Gasteiger charge is -2.22. The van der Waals surface area contributed by atoms with Crippen molar-refractivity contribution in [3.63, 3.8) is 0 Å². The molecule has 0 bridgehead atoms. The Morgan fingerprint density at radius 1 is 1.00 bits per heavy atom. The molecular weight excluding hydrogens is 301 g/mol. The Hall–Kier alpha value is -1.36. The fraction of sp³-hybridized carbons (Fsp3) is 0.667. The molecule has 0 aliphatic carbocycles. The van der Waals surface area contributed by atoms with E-state index in [2.05, 4.69) is 9.47 Å². The Kier molecular flexibility index (Phi) is 4.64. The van der Waals surface area contributed by atoms with Crippen LogP contribution in [0.2, 0.25) is 0 Å². The first-order chi connectivity index (χ1) is 8.96. The Morgan fingerprint density at radius 3 is 2.00 bits per heavy atom. The van der Waals surface area contributed by atoms with Gasteiger partial charge in [-0.25, -0.2) is 4.57 Å². The van der Waals surface area contributed by atoms with Gasteiger partial charge in [0.15, 0.2) is 0 Å². The molecule has 1 aromatic rings. The molecule has 20 heavy (non-hydrogen) atoms. The van der Waals surface area contributed by atoms with Gasteiger partial charge in [-0.3, -0.25) is 4.74 Å². The SMILES string of the molecule is Cn1cc[n+](C(F)(F)C(F)(F)OCCOC(F)(F)F)c1. The highest BCUT2D eigenvalue weighted by molar-refractivity contribution is 4.68. The van der Waals surface area contributed by atoms with E-state index < -0.39 is 31.7 Å². The van der Waals surface area contributed by atoms with Crippen LogP contribution < -0.4 is 4.57 Å². The van der Waals surface area contributed by atoms with Crippen molar-refractivity contribution in [1.29, 1.82) is 0 Å². The lowest BCUT2D eigenvalue weighted by Crippen LogP contribution is -2.60. The number of aromatic nitrogens is 2. The molecule has 1 heterocycles. The van der Waals surface area contributed by atoms with Crippen molar-refractivity contribution >= 4 is 0 Å². The Bertz CT molecular complexity index is 444. The lowest BCUT2D eigenvalue weighted by atomic mass is 10.5. The van der Waals surface area contributed by atoms with E-state index in [0.29, 0.717) is 12.5 Å². The van der Waals surface area contributed by atoms with E-state index in [9.17, 15) is 30.7 Å². The largest absolute Gasteiger partial charge is 0.522 e. The number of hydrogen-bond acceptors (Lipinski definition) is 2. The summed E-state index contributed by atoms with van der Waals surface area (Å²) >= 11 is 0. The molecule has 0 aromatic carbocycles. The number of aryl methyl sites for hydroxylation is 1. The van der Waals surface area contributed by atoms with Crippen LogP contribution in [0.15, 0.2) is 18.7 Å². The Balaban J connectivity index is 2.63. The van der Waals surface area contributed by atoms with Gasteiger partial charge in [-0.2, -0.15) is 22.1 Å². The maximum Gasteiger partial charge on any atom is 0.522 e. The topological polar surface area (TPSA) is 27.3 Å². The molecule has 0 saturated carbocycles. The van der Waals surface area contributed by atoms with Crippen LogP contribution >= 0.6 is 0 Å². The quantitative estimate of drug-likeness (QED) is 0.456. The van der Waals surface area contributed by atoms with E-state index >= 15 is 0 Å². The zero-order valence-electron chi connectivity index (χ0n) is 10.0. The summed E-state index contributed by atoms with van der Waals surface area (Å²) in [7, 11) is 1.32. The van der Waals surface area contributed by atoms with Gasteiger partial charge >= 0.3 is 18.5 Å². The molecular formula is C9H10F7N2O2+. The van der Waals surface area contributed by atoms with Gasteiger partial charge in [0.2, 0.25) is 6.33 Å². The van der Waals surface area contributed by atoms with Gasteiger partial charge in [0.1, 0.15) is 12.4 Å². The van der Waals surface area contributed by atoms with E-state index in [4.69, 9.17) is 0 Å². The summed E-state index contributed by atoms with van der Waals surface area (Å²) in [4.78, 5) is 0. The van der Waals surface area contributed by atoms with Crippen LogP contribution in [-0.2, 0) is 22.6 Å². The summed E-state index contributed by atoms with van der Waals surface area (Å²) < 4.78 is 95.5. The molecule has 11 heteroatoms. The Morgan fingerprint density at radius 2 is 1.55 bits per heavy atom. The van der Waals surface area contributed by atoms with Crippen LogP contribution in [0.4, 0.5) is 30.7 Å².